The summed E-state index contributed by atoms with van der Waals surface area (Å²) in [7, 11) is 0. The lowest BCUT2D eigenvalue weighted by molar-refractivity contribution is 0.210. The number of hydrogen-bond acceptors (Lipinski definition) is 2. The number of nitrogens with zero attached hydrogens (tertiary/aromatic N) is 2. The summed E-state index contributed by atoms with van der Waals surface area (Å²) in [5.41, 5.74) is 5.31. The van der Waals surface area contributed by atoms with Crippen molar-refractivity contribution in [1.82, 2.24) is 10.2 Å². The monoisotopic (exact) mass is 409 g/mol. The van der Waals surface area contributed by atoms with Crippen molar-refractivity contribution in [1.29, 1.82) is 0 Å². The summed E-state index contributed by atoms with van der Waals surface area (Å²) in [6.45, 7) is 9.84. The number of anilines is 1. The number of piperidine rings is 1. The molecular weight excluding hydrogens is 377 g/mol. The van der Waals surface area contributed by atoms with Crippen molar-refractivity contribution in [3.05, 3.63) is 71.0 Å². The molecule has 2 amide bonds. The molecule has 1 aliphatic heterocycles. The van der Waals surface area contributed by atoms with Crippen LogP contribution in [0.15, 0.2) is 54.1 Å². The fourth-order valence-electron chi connectivity index (χ4n) is 4.10. The van der Waals surface area contributed by atoms with Crippen LogP contribution >= 0.6 is 0 Å². The van der Waals surface area contributed by atoms with Gasteiger partial charge in [0.25, 0.3) is 0 Å². The van der Waals surface area contributed by atoms with Crippen molar-refractivity contribution in [3.63, 3.8) is 0 Å². The second kappa shape index (κ2) is 10.4. The van der Waals surface area contributed by atoms with Crippen LogP contribution in [0.5, 0.6) is 0 Å². The molecule has 4 nitrogen and oxygen atoms in total. The average molecular weight is 410 g/mol. The molecule has 1 fully saturated rings. The van der Waals surface area contributed by atoms with E-state index in [1.807, 2.05) is 43.9 Å². The van der Waals surface area contributed by atoms with E-state index < -0.39 is 0 Å². The van der Waals surface area contributed by atoms with Crippen LogP contribution in [0.25, 0.3) is 5.57 Å². The SMILES string of the molecule is CCN(CC)C(=O)N(CC)c1ccc(C(=C2CCNCC2)c2cccc(F)c2)cc1. The molecule has 0 aliphatic carbocycles. The first-order chi connectivity index (χ1) is 14.6. The molecule has 160 valence electrons. The highest BCUT2D eigenvalue weighted by Crippen LogP contribution is 2.32. The van der Waals surface area contributed by atoms with Crippen LogP contribution in [0.1, 0.15) is 44.7 Å². The van der Waals surface area contributed by atoms with Crippen LogP contribution in [-0.2, 0) is 0 Å². The Morgan fingerprint density at radius 1 is 0.933 bits per heavy atom. The van der Waals surface area contributed by atoms with E-state index in [1.54, 1.807) is 17.0 Å². The third kappa shape index (κ3) is 4.90. The topological polar surface area (TPSA) is 35.6 Å². The van der Waals surface area contributed by atoms with Gasteiger partial charge in [0.2, 0.25) is 0 Å². The predicted molar refractivity (Wildman–Crippen MR) is 122 cm³/mol. The van der Waals surface area contributed by atoms with Gasteiger partial charge in [-0.15, -0.1) is 0 Å². The van der Waals surface area contributed by atoms with E-state index in [9.17, 15) is 9.18 Å². The molecule has 0 saturated carbocycles. The summed E-state index contributed by atoms with van der Waals surface area (Å²) in [5.74, 6) is -0.224. The van der Waals surface area contributed by atoms with Crippen LogP contribution in [0.4, 0.5) is 14.9 Å². The number of halogens is 1. The van der Waals surface area contributed by atoms with Crippen molar-refractivity contribution in [2.75, 3.05) is 37.6 Å². The van der Waals surface area contributed by atoms with Gasteiger partial charge in [0.05, 0.1) is 0 Å². The summed E-state index contributed by atoms with van der Waals surface area (Å²) in [6, 6.07) is 15.0. The van der Waals surface area contributed by atoms with Crippen LogP contribution < -0.4 is 10.2 Å². The number of carbonyl (C=O) groups excluding carboxylic acids is 1. The third-order valence-corrected chi connectivity index (χ3v) is 5.72. The fourth-order valence-corrected chi connectivity index (χ4v) is 4.10. The van der Waals surface area contributed by atoms with Gasteiger partial charge >= 0.3 is 6.03 Å². The Morgan fingerprint density at radius 2 is 1.60 bits per heavy atom. The molecule has 30 heavy (non-hydrogen) atoms. The van der Waals surface area contributed by atoms with Gasteiger partial charge in [0, 0.05) is 25.3 Å². The van der Waals surface area contributed by atoms with E-state index in [0.717, 1.165) is 48.3 Å². The molecule has 3 rings (SSSR count). The third-order valence-electron chi connectivity index (χ3n) is 5.72. The Balaban J connectivity index is 1.97. The van der Waals surface area contributed by atoms with Crippen LogP contribution in [-0.4, -0.2) is 43.7 Å². The lowest BCUT2D eigenvalue weighted by atomic mass is 9.88. The van der Waals surface area contributed by atoms with E-state index in [0.29, 0.717) is 19.6 Å². The molecule has 1 N–H and O–H groups in total. The molecule has 1 aliphatic rings. The number of rotatable bonds is 6. The molecule has 0 atom stereocenters. The van der Waals surface area contributed by atoms with Gasteiger partial charge in [-0.1, -0.05) is 29.8 Å². The molecular formula is C25H32FN3O. The first-order valence-corrected chi connectivity index (χ1v) is 10.9. The standard InChI is InChI=1S/C25H32FN3O/c1-4-28(5-2)25(30)29(6-3)23-12-10-19(11-13-23)24(20-14-16-27-17-15-20)21-8-7-9-22(26)18-21/h7-13,18,27H,4-6,14-17H2,1-3H3. The van der Waals surface area contributed by atoms with Crippen molar-refractivity contribution < 1.29 is 9.18 Å². The Morgan fingerprint density at radius 3 is 2.17 bits per heavy atom. The minimum atomic E-state index is -0.224. The maximum Gasteiger partial charge on any atom is 0.324 e. The number of urea groups is 1. The first kappa shape index (κ1) is 22.0. The predicted octanol–water partition coefficient (Wildman–Crippen LogP) is 5.30. The normalized spacial score (nSPS) is 13.8. The summed E-state index contributed by atoms with van der Waals surface area (Å²) in [6.07, 6.45) is 1.91. The summed E-state index contributed by atoms with van der Waals surface area (Å²) < 4.78 is 14.0. The molecule has 0 unspecified atom stereocenters. The second-order valence-corrected chi connectivity index (χ2v) is 7.48. The van der Waals surface area contributed by atoms with Crippen molar-refractivity contribution in [2.24, 2.45) is 0 Å². The Bertz CT molecular complexity index is 880. The Hall–Kier alpha value is -2.66. The highest BCUT2D eigenvalue weighted by molar-refractivity contribution is 5.92. The molecule has 1 saturated heterocycles. The highest BCUT2D eigenvalue weighted by Gasteiger charge is 2.20. The van der Waals surface area contributed by atoms with Gasteiger partial charge in [-0.25, -0.2) is 9.18 Å². The molecule has 5 heteroatoms. The van der Waals surface area contributed by atoms with E-state index in [4.69, 9.17) is 0 Å². The zero-order valence-electron chi connectivity index (χ0n) is 18.2. The average Bonchev–Trinajstić information content (AvgIpc) is 2.77. The fraction of sp³-hybridized carbons (Fsp3) is 0.400. The molecule has 1 heterocycles. The van der Waals surface area contributed by atoms with E-state index in [1.165, 1.54) is 11.6 Å². The van der Waals surface area contributed by atoms with Gasteiger partial charge < -0.3 is 10.2 Å². The summed E-state index contributed by atoms with van der Waals surface area (Å²) in [5, 5.41) is 3.39. The number of carbonyl (C=O) groups is 1. The Kier molecular flexibility index (Phi) is 7.63. The minimum Gasteiger partial charge on any atom is -0.325 e. The summed E-state index contributed by atoms with van der Waals surface area (Å²) in [4.78, 5) is 16.5. The van der Waals surface area contributed by atoms with E-state index in [-0.39, 0.29) is 11.8 Å². The summed E-state index contributed by atoms with van der Waals surface area (Å²) >= 11 is 0. The van der Waals surface area contributed by atoms with Crippen LogP contribution in [0.2, 0.25) is 0 Å². The van der Waals surface area contributed by atoms with Gasteiger partial charge in [-0.2, -0.15) is 0 Å². The Labute approximate surface area is 179 Å². The van der Waals surface area contributed by atoms with E-state index in [2.05, 4.69) is 17.4 Å². The lowest BCUT2D eigenvalue weighted by Gasteiger charge is -2.28. The van der Waals surface area contributed by atoms with Gasteiger partial charge in [0.1, 0.15) is 5.82 Å². The molecule has 0 bridgehead atoms. The smallest absolute Gasteiger partial charge is 0.324 e. The maximum absolute atomic E-state index is 14.0. The lowest BCUT2D eigenvalue weighted by Crippen LogP contribution is -2.43. The largest absolute Gasteiger partial charge is 0.325 e. The van der Waals surface area contributed by atoms with Gasteiger partial charge in [0.15, 0.2) is 0 Å². The number of benzene rings is 2. The first-order valence-electron chi connectivity index (χ1n) is 10.9. The van der Waals surface area contributed by atoms with Crippen LogP contribution in [0.3, 0.4) is 0 Å². The zero-order valence-corrected chi connectivity index (χ0v) is 18.2. The zero-order chi connectivity index (χ0) is 21.5. The number of nitrogens with one attached hydrogen (secondary N) is 1. The van der Waals surface area contributed by atoms with E-state index >= 15 is 0 Å². The van der Waals surface area contributed by atoms with Gasteiger partial charge in [-0.3, -0.25) is 4.90 Å². The maximum atomic E-state index is 14.0. The highest BCUT2D eigenvalue weighted by atomic mass is 19.1. The quantitative estimate of drug-likeness (QED) is 0.703. The molecule has 0 aromatic heterocycles. The van der Waals surface area contributed by atoms with Gasteiger partial charge in [-0.05, 0) is 87.7 Å². The number of hydrogen-bond donors (Lipinski definition) is 1. The molecule has 0 radical (unpaired) electrons. The molecule has 2 aromatic rings. The molecule has 2 aromatic carbocycles. The molecule has 0 spiro atoms. The number of amides is 2. The van der Waals surface area contributed by atoms with Crippen molar-refractivity contribution in [3.8, 4) is 0 Å². The van der Waals surface area contributed by atoms with Crippen molar-refractivity contribution >= 4 is 17.3 Å². The second-order valence-electron chi connectivity index (χ2n) is 7.48. The van der Waals surface area contributed by atoms with Crippen molar-refractivity contribution in [2.45, 2.75) is 33.6 Å². The minimum absolute atomic E-state index is 0.0253. The van der Waals surface area contributed by atoms with Crippen LogP contribution in [0, 0.1) is 5.82 Å².